The van der Waals surface area contributed by atoms with Gasteiger partial charge in [0.05, 0.1) is 31.4 Å². The van der Waals surface area contributed by atoms with Gasteiger partial charge in [0, 0.05) is 37.4 Å². The molecule has 1 aromatic rings. The van der Waals surface area contributed by atoms with Crippen molar-refractivity contribution in [3.63, 3.8) is 0 Å². The Morgan fingerprint density at radius 1 is 1.03 bits per heavy atom. The van der Waals surface area contributed by atoms with Crippen molar-refractivity contribution in [1.82, 2.24) is 9.34 Å². The number of para-hydroxylation sites is 1. The molecule has 0 atom stereocenters. The third-order valence-corrected chi connectivity index (χ3v) is 9.86. The number of benzene rings is 1. The molecule has 2 fully saturated rings. The molecule has 2 aliphatic heterocycles. The summed E-state index contributed by atoms with van der Waals surface area (Å²) in [5.41, 5.74) is -0.176. The van der Waals surface area contributed by atoms with Crippen LogP contribution in [0.3, 0.4) is 0 Å². The molecule has 2 saturated heterocycles. The van der Waals surface area contributed by atoms with Crippen molar-refractivity contribution in [2.45, 2.75) is 25.9 Å². The average Bonchev–Trinajstić information content (AvgIpc) is 2.72. The first-order valence-corrected chi connectivity index (χ1v) is 11.5. The maximum atomic E-state index is 13.4. The highest BCUT2D eigenvalue weighted by Crippen LogP contribution is 2.66. The van der Waals surface area contributed by atoms with Crippen molar-refractivity contribution < 1.29 is 19.2 Å². The predicted octanol–water partition coefficient (Wildman–Crippen LogP) is 3.23. The summed E-state index contributed by atoms with van der Waals surface area (Å²) in [7, 11) is -2.54. The molecule has 2 aliphatic rings. The number of carbonyl (C=O) groups is 1. The Labute approximate surface area is 171 Å². The summed E-state index contributed by atoms with van der Waals surface area (Å²) in [4.78, 5) is 24.3. The molecule has 0 aromatic heterocycles. The first kappa shape index (κ1) is 22.1. The van der Waals surface area contributed by atoms with Gasteiger partial charge in [0.15, 0.2) is 0 Å². The normalized spacial score (nSPS) is 19.7. The number of nitro groups is 1. The fraction of sp³-hybridized carbons (Fsp3) is 0.632. The second-order valence-corrected chi connectivity index (χ2v) is 11.9. The number of ether oxygens (including phenoxy) is 2. The zero-order chi connectivity index (χ0) is 21.1. The van der Waals surface area contributed by atoms with Crippen LogP contribution in [0.4, 0.5) is 5.69 Å². The van der Waals surface area contributed by atoms with Crippen LogP contribution >= 0.6 is 7.36 Å². The van der Waals surface area contributed by atoms with Gasteiger partial charge in [0.1, 0.15) is 12.9 Å². The van der Waals surface area contributed by atoms with Crippen LogP contribution in [0.15, 0.2) is 29.0 Å². The minimum absolute atomic E-state index is 0.0349. The number of rotatable bonds is 4. The summed E-state index contributed by atoms with van der Waals surface area (Å²) < 4.78 is 20.5. The van der Waals surface area contributed by atoms with Gasteiger partial charge in [-0.05, 0) is 6.07 Å². The number of amides is 1. The van der Waals surface area contributed by atoms with Crippen molar-refractivity contribution in [2.24, 2.45) is 4.74 Å². The van der Waals surface area contributed by atoms with Crippen molar-refractivity contribution >= 4 is 19.0 Å². The van der Waals surface area contributed by atoms with E-state index in [1.807, 2.05) is 0 Å². The highest BCUT2D eigenvalue weighted by Gasteiger charge is 2.46. The van der Waals surface area contributed by atoms with E-state index in [0.717, 1.165) is 0 Å². The molecule has 29 heavy (non-hydrogen) atoms. The Kier molecular flexibility index (Phi) is 6.86. The number of nitro benzene ring substituents is 1. The largest absolute Gasteiger partial charge is 0.379 e. The van der Waals surface area contributed by atoms with Crippen LogP contribution in [0.1, 0.15) is 31.1 Å². The van der Waals surface area contributed by atoms with E-state index >= 15 is 0 Å². The number of nitrogens with zero attached hydrogens (tertiary/aromatic N) is 4. The first-order valence-electron chi connectivity index (χ1n) is 9.84. The molecule has 0 spiro atoms. The summed E-state index contributed by atoms with van der Waals surface area (Å²) in [6.45, 7) is 11.3. The molecule has 0 bridgehead atoms. The average molecular weight is 424 g/mol. The number of morpholine rings is 2. The van der Waals surface area contributed by atoms with Crippen LogP contribution in [0.25, 0.3) is 0 Å². The third-order valence-electron chi connectivity index (χ3n) is 5.23. The minimum Gasteiger partial charge on any atom is -0.379 e. The molecule has 0 radical (unpaired) electrons. The van der Waals surface area contributed by atoms with Crippen LogP contribution in [-0.2, 0) is 9.47 Å². The SMILES string of the molecule is CC(C)(C)P(=NC(=O)c1ccccc1[N+](=O)[O-])(N1CCOCC1)N1CCOCC1. The monoisotopic (exact) mass is 424 g/mol. The standard InChI is InChI=1S/C19H29N4O5P/c1-19(2,3)29(21-8-12-27-13-9-21,22-10-14-28-15-11-22)20-18(24)16-6-4-5-7-17(16)23(25)26/h4-7H,8-15H2,1-3H3. The lowest BCUT2D eigenvalue weighted by molar-refractivity contribution is -0.385. The van der Waals surface area contributed by atoms with Gasteiger partial charge in [-0.15, -0.1) is 0 Å². The highest BCUT2D eigenvalue weighted by atomic mass is 31.2. The Hall–Kier alpha value is -1.64. The van der Waals surface area contributed by atoms with Crippen LogP contribution < -0.4 is 0 Å². The van der Waals surface area contributed by atoms with E-state index in [2.05, 4.69) is 30.1 Å². The van der Waals surface area contributed by atoms with E-state index in [1.54, 1.807) is 12.1 Å². The van der Waals surface area contributed by atoms with Gasteiger partial charge in [-0.25, -0.2) is 0 Å². The molecule has 0 aliphatic carbocycles. The predicted molar refractivity (Wildman–Crippen MR) is 111 cm³/mol. The van der Waals surface area contributed by atoms with Crippen LogP contribution in [-0.4, -0.2) is 77.9 Å². The van der Waals surface area contributed by atoms with Gasteiger partial charge in [-0.3, -0.25) is 24.2 Å². The van der Waals surface area contributed by atoms with E-state index in [0.29, 0.717) is 52.6 Å². The maximum absolute atomic E-state index is 13.4. The zero-order valence-electron chi connectivity index (χ0n) is 17.2. The highest BCUT2D eigenvalue weighted by molar-refractivity contribution is 7.63. The fourth-order valence-corrected chi connectivity index (χ4v) is 8.37. The molecule has 9 nitrogen and oxygen atoms in total. The van der Waals surface area contributed by atoms with E-state index in [1.165, 1.54) is 12.1 Å². The second-order valence-electron chi connectivity index (χ2n) is 8.05. The lowest BCUT2D eigenvalue weighted by atomic mass is 10.2. The topological polar surface area (TPSA) is 97.5 Å². The molecule has 160 valence electrons. The Balaban J connectivity index is 2.18. The summed E-state index contributed by atoms with van der Waals surface area (Å²) >= 11 is 0. The first-order chi connectivity index (χ1) is 13.8. The molecular weight excluding hydrogens is 395 g/mol. The molecular formula is C19H29N4O5P. The molecule has 10 heteroatoms. The maximum Gasteiger partial charge on any atom is 0.285 e. The molecule has 1 amide bonds. The van der Waals surface area contributed by atoms with Crippen LogP contribution in [0.5, 0.6) is 0 Å². The summed E-state index contributed by atoms with van der Waals surface area (Å²) in [6.07, 6.45) is 0. The zero-order valence-corrected chi connectivity index (χ0v) is 18.1. The van der Waals surface area contributed by atoms with Gasteiger partial charge < -0.3 is 9.47 Å². The van der Waals surface area contributed by atoms with Gasteiger partial charge in [0.2, 0.25) is 0 Å². The van der Waals surface area contributed by atoms with Crippen molar-refractivity contribution in [2.75, 3.05) is 52.6 Å². The van der Waals surface area contributed by atoms with Gasteiger partial charge in [-0.1, -0.05) is 32.9 Å². The Morgan fingerprint density at radius 3 is 1.97 bits per heavy atom. The fourth-order valence-electron chi connectivity index (χ4n) is 3.96. The number of hydrogen-bond donors (Lipinski definition) is 0. The van der Waals surface area contributed by atoms with Crippen LogP contribution in [0, 0.1) is 10.1 Å². The Bertz CT molecular complexity index is 789. The molecule has 0 saturated carbocycles. The van der Waals surface area contributed by atoms with Crippen molar-refractivity contribution in [3.8, 4) is 0 Å². The molecule has 0 N–H and O–H groups in total. The van der Waals surface area contributed by atoms with Gasteiger partial charge >= 0.3 is 0 Å². The Morgan fingerprint density at radius 2 is 1.52 bits per heavy atom. The van der Waals surface area contributed by atoms with E-state index < -0.39 is 18.2 Å². The number of hydrogen-bond acceptors (Lipinski definition) is 5. The third kappa shape index (κ3) is 4.44. The number of carbonyl (C=O) groups excluding carboxylic acids is 1. The summed E-state index contributed by atoms with van der Waals surface area (Å²) in [5.74, 6) is -0.529. The van der Waals surface area contributed by atoms with E-state index in [-0.39, 0.29) is 16.4 Å². The minimum atomic E-state index is -2.54. The van der Waals surface area contributed by atoms with Crippen molar-refractivity contribution in [1.29, 1.82) is 0 Å². The van der Waals surface area contributed by atoms with Crippen LogP contribution in [0.2, 0.25) is 0 Å². The van der Waals surface area contributed by atoms with Gasteiger partial charge in [0.25, 0.3) is 11.6 Å². The summed E-state index contributed by atoms with van der Waals surface area (Å²) in [6, 6.07) is 6.03. The quantitative estimate of drug-likeness (QED) is 0.416. The lowest BCUT2D eigenvalue weighted by Crippen LogP contribution is -2.48. The molecule has 0 unspecified atom stereocenters. The van der Waals surface area contributed by atoms with Gasteiger partial charge in [-0.2, -0.15) is 4.74 Å². The summed E-state index contributed by atoms with van der Waals surface area (Å²) in [5, 5.41) is 11.1. The molecule has 2 heterocycles. The second kappa shape index (κ2) is 9.02. The van der Waals surface area contributed by atoms with E-state index in [9.17, 15) is 14.9 Å². The molecule has 1 aromatic carbocycles. The van der Waals surface area contributed by atoms with Crippen molar-refractivity contribution in [3.05, 3.63) is 39.9 Å². The molecule has 3 rings (SSSR count). The lowest BCUT2D eigenvalue weighted by Gasteiger charge is -2.52. The van der Waals surface area contributed by atoms with E-state index in [4.69, 9.17) is 14.2 Å². The smallest absolute Gasteiger partial charge is 0.285 e.